The molecule has 0 bridgehead atoms. The summed E-state index contributed by atoms with van der Waals surface area (Å²) < 4.78 is 18.6. The van der Waals surface area contributed by atoms with Gasteiger partial charge in [-0.2, -0.15) is 9.78 Å². The second-order valence-electron chi connectivity index (χ2n) is 7.67. The minimum atomic E-state index is -0.487. The molecular weight excluding hydrogens is 466 g/mol. The first-order valence-electron chi connectivity index (χ1n) is 10.9. The molecule has 0 aliphatic carbocycles. The lowest BCUT2D eigenvalue weighted by molar-refractivity contribution is 0.0527. The summed E-state index contributed by atoms with van der Waals surface area (Å²) in [6.07, 6.45) is 1.47. The van der Waals surface area contributed by atoms with Crippen molar-refractivity contribution >= 4 is 49.4 Å². The number of aryl methyl sites for hydroxylation is 1. The average Bonchev–Trinajstić information content (AvgIpc) is 3.47. The van der Waals surface area contributed by atoms with E-state index < -0.39 is 5.97 Å². The highest BCUT2D eigenvalue weighted by Gasteiger charge is 2.22. The van der Waals surface area contributed by atoms with Crippen molar-refractivity contribution in [2.45, 2.75) is 13.8 Å². The Bertz CT molecular complexity index is 1560. The van der Waals surface area contributed by atoms with E-state index >= 15 is 0 Å². The Morgan fingerprint density at radius 2 is 1.97 bits per heavy atom. The maximum absolute atomic E-state index is 12.7. The van der Waals surface area contributed by atoms with Crippen LogP contribution in [0.25, 0.3) is 26.9 Å². The molecule has 3 heterocycles. The van der Waals surface area contributed by atoms with Gasteiger partial charge in [0.1, 0.15) is 22.6 Å². The number of para-hydroxylation sites is 1. The summed E-state index contributed by atoms with van der Waals surface area (Å²) in [6.45, 7) is 4.00. The van der Waals surface area contributed by atoms with E-state index in [4.69, 9.17) is 19.2 Å². The quantitative estimate of drug-likeness (QED) is 0.308. The van der Waals surface area contributed by atoms with Crippen molar-refractivity contribution in [3.63, 3.8) is 0 Å². The Kier molecular flexibility index (Phi) is 5.96. The number of hydrogen-bond acceptors (Lipinski definition) is 9. The fourth-order valence-corrected chi connectivity index (χ4v) is 4.73. The van der Waals surface area contributed by atoms with E-state index in [-0.39, 0.29) is 12.2 Å². The second-order valence-corrected chi connectivity index (χ2v) is 8.70. The van der Waals surface area contributed by atoms with E-state index in [2.05, 4.69) is 15.4 Å². The number of nitrogens with one attached hydrogen (secondary N) is 1. The Morgan fingerprint density at radius 1 is 1.11 bits per heavy atom. The molecular formula is C25H23N5O4S. The van der Waals surface area contributed by atoms with Crippen molar-refractivity contribution in [3.05, 3.63) is 59.8 Å². The summed E-state index contributed by atoms with van der Waals surface area (Å²) in [6, 6.07) is 13.4. The number of anilines is 2. The van der Waals surface area contributed by atoms with E-state index in [0.717, 1.165) is 26.9 Å². The zero-order chi connectivity index (χ0) is 24.5. The topological polar surface area (TPSA) is 100 Å². The average molecular weight is 490 g/mol. The van der Waals surface area contributed by atoms with Crippen LogP contribution < -0.4 is 14.8 Å². The first kappa shape index (κ1) is 22.6. The highest BCUT2D eigenvalue weighted by Crippen LogP contribution is 2.34. The third-order valence-corrected chi connectivity index (χ3v) is 6.45. The van der Waals surface area contributed by atoms with Crippen LogP contribution in [0.4, 0.5) is 10.9 Å². The third-order valence-electron chi connectivity index (χ3n) is 5.52. The largest absolute Gasteiger partial charge is 0.497 e. The van der Waals surface area contributed by atoms with Crippen molar-refractivity contribution in [2.75, 3.05) is 26.1 Å². The minimum absolute atomic E-state index is 0.245. The van der Waals surface area contributed by atoms with Gasteiger partial charge in [-0.1, -0.05) is 23.5 Å². The van der Waals surface area contributed by atoms with Crippen LogP contribution >= 0.6 is 11.3 Å². The summed E-state index contributed by atoms with van der Waals surface area (Å²) in [4.78, 5) is 22.2. The molecule has 0 radical (unpaired) electrons. The maximum atomic E-state index is 12.7. The van der Waals surface area contributed by atoms with Crippen LogP contribution in [0, 0.1) is 6.92 Å². The van der Waals surface area contributed by atoms with E-state index in [0.29, 0.717) is 28.0 Å². The lowest BCUT2D eigenvalue weighted by atomic mass is 10.1. The van der Waals surface area contributed by atoms with Crippen LogP contribution in [-0.2, 0) is 4.74 Å². The van der Waals surface area contributed by atoms with Gasteiger partial charge in [0.2, 0.25) is 0 Å². The number of pyridine rings is 1. The molecule has 0 amide bonds. The molecule has 0 spiro atoms. The summed E-state index contributed by atoms with van der Waals surface area (Å²) >= 11 is 1.44. The molecule has 0 aliphatic rings. The number of nitrogens with zero attached hydrogens (tertiary/aromatic N) is 4. The number of ether oxygens (including phenoxy) is 3. The Morgan fingerprint density at radius 3 is 2.74 bits per heavy atom. The zero-order valence-electron chi connectivity index (χ0n) is 19.7. The van der Waals surface area contributed by atoms with Gasteiger partial charge in [0.25, 0.3) is 0 Å². The van der Waals surface area contributed by atoms with Gasteiger partial charge < -0.3 is 19.5 Å². The Hall–Kier alpha value is -4.18. The number of carbonyl (C=O) groups is 1. The third kappa shape index (κ3) is 4.12. The van der Waals surface area contributed by atoms with Gasteiger partial charge in [0.15, 0.2) is 16.8 Å². The molecule has 0 aliphatic heterocycles. The molecule has 10 heteroatoms. The lowest BCUT2D eigenvalue weighted by Crippen LogP contribution is -2.10. The monoisotopic (exact) mass is 489 g/mol. The molecule has 0 unspecified atom stereocenters. The van der Waals surface area contributed by atoms with Crippen LogP contribution in [0.5, 0.6) is 11.5 Å². The molecule has 5 aromatic rings. The summed E-state index contributed by atoms with van der Waals surface area (Å²) in [5.41, 5.74) is 2.79. The normalized spacial score (nSPS) is 11.1. The van der Waals surface area contributed by atoms with Gasteiger partial charge in [0, 0.05) is 5.39 Å². The SMILES string of the molecule is CCOC(=O)c1cnn(-c2cc(C)c3cccc(OC)c3n2)c1Nc1nc2ccc(OC)cc2s1. The number of thiazole rings is 1. The van der Waals surface area contributed by atoms with Gasteiger partial charge in [-0.3, -0.25) is 0 Å². The molecule has 1 N–H and O–H groups in total. The Labute approximate surface area is 205 Å². The van der Waals surface area contributed by atoms with Gasteiger partial charge >= 0.3 is 5.97 Å². The Balaban J connectivity index is 1.65. The van der Waals surface area contributed by atoms with Gasteiger partial charge in [-0.25, -0.2) is 14.8 Å². The van der Waals surface area contributed by atoms with E-state index in [1.807, 2.05) is 49.4 Å². The van der Waals surface area contributed by atoms with Gasteiger partial charge in [-0.05, 0) is 49.7 Å². The molecule has 0 fully saturated rings. The molecule has 0 saturated carbocycles. The van der Waals surface area contributed by atoms with E-state index in [9.17, 15) is 4.79 Å². The highest BCUT2D eigenvalue weighted by molar-refractivity contribution is 7.22. The van der Waals surface area contributed by atoms with Crippen LogP contribution in [0.1, 0.15) is 22.8 Å². The molecule has 2 aromatic carbocycles. The summed E-state index contributed by atoms with van der Waals surface area (Å²) in [7, 11) is 3.24. The first-order chi connectivity index (χ1) is 17.0. The van der Waals surface area contributed by atoms with Crippen molar-refractivity contribution in [1.82, 2.24) is 19.7 Å². The number of benzene rings is 2. The molecule has 5 rings (SSSR count). The predicted octanol–water partition coefficient (Wildman–Crippen LogP) is 5.28. The first-order valence-corrected chi connectivity index (χ1v) is 11.8. The summed E-state index contributed by atoms with van der Waals surface area (Å²) in [5.74, 6) is 1.85. The van der Waals surface area contributed by atoms with Crippen molar-refractivity contribution in [2.24, 2.45) is 0 Å². The van der Waals surface area contributed by atoms with E-state index in [1.165, 1.54) is 17.5 Å². The lowest BCUT2D eigenvalue weighted by Gasteiger charge is -2.13. The minimum Gasteiger partial charge on any atom is -0.497 e. The number of rotatable bonds is 7. The smallest absolute Gasteiger partial charge is 0.343 e. The second kappa shape index (κ2) is 9.22. The highest BCUT2D eigenvalue weighted by atomic mass is 32.1. The van der Waals surface area contributed by atoms with E-state index in [1.54, 1.807) is 25.8 Å². The van der Waals surface area contributed by atoms with Crippen molar-refractivity contribution < 1.29 is 19.0 Å². The molecule has 35 heavy (non-hydrogen) atoms. The van der Waals surface area contributed by atoms with Gasteiger partial charge in [0.05, 0.1) is 37.2 Å². The number of hydrogen-bond donors (Lipinski definition) is 1. The molecule has 3 aromatic heterocycles. The van der Waals surface area contributed by atoms with Crippen molar-refractivity contribution in [3.8, 4) is 17.3 Å². The number of methoxy groups -OCH3 is 2. The van der Waals surface area contributed by atoms with Crippen molar-refractivity contribution in [1.29, 1.82) is 0 Å². The maximum Gasteiger partial charge on any atom is 0.343 e. The molecule has 178 valence electrons. The van der Waals surface area contributed by atoms with Crippen LogP contribution in [0.2, 0.25) is 0 Å². The standard InChI is InChI=1S/C25H23N5O4S/c1-5-34-24(31)17-13-26-30(21-11-14(2)16-7-6-8-19(33-4)22(16)28-21)23(17)29-25-27-18-10-9-15(32-3)12-20(18)35-25/h6-13H,5H2,1-4H3,(H,27,29). The van der Waals surface area contributed by atoms with Crippen LogP contribution in [0.15, 0.2) is 48.7 Å². The fourth-order valence-electron chi connectivity index (χ4n) is 3.83. The molecule has 0 saturated heterocycles. The van der Waals surface area contributed by atoms with Crippen LogP contribution in [-0.4, -0.2) is 46.5 Å². The number of aromatic nitrogens is 4. The molecule has 9 nitrogen and oxygen atoms in total. The number of fused-ring (bicyclic) bond motifs is 2. The van der Waals surface area contributed by atoms with Gasteiger partial charge in [-0.15, -0.1) is 0 Å². The summed E-state index contributed by atoms with van der Waals surface area (Å²) in [5, 5.41) is 9.32. The molecule has 0 atom stereocenters. The zero-order valence-corrected chi connectivity index (χ0v) is 20.5. The predicted molar refractivity (Wildman–Crippen MR) is 136 cm³/mol. The number of esters is 1. The van der Waals surface area contributed by atoms with Crippen LogP contribution in [0.3, 0.4) is 0 Å². The fraction of sp³-hybridized carbons (Fsp3) is 0.200. The number of carbonyl (C=O) groups excluding carboxylic acids is 1.